The molecule has 1 unspecified atom stereocenters. The molecule has 3 rings (SSSR count). The number of unbranched alkanes of at least 4 members (excludes halogenated alkanes) is 2. The van der Waals surface area contributed by atoms with E-state index in [1.807, 2.05) is 0 Å². The highest BCUT2D eigenvalue weighted by atomic mass is 35.5. The average Bonchev–Trinajstić information content (AvgIpc) is 2.90. The summed E-state index contributed by atoms with van der Waals surface area (Å²) in [7, 11) is -4.04. The van der Waals surface area contributed by atoms with E-state index in [-0.39, 0.29) is 23.3 Å². The average molecular weight is 607 g/mol. The fourth-order valence-corrected chi connectivity index (χ4v) is 5.84. The highest BCUT2D eigenvalue weighted by Gasteiger charge is 2.32. The molecule has 1 saturated heterocycles. The molecule has 0 aliphatic carbocycles. The maximum Gasteiger partial charge on any atom is 0.416 e. The Bertz CT molecular complexity index is 1260. The maximum absolute atomic E-state index is 12.9. The second kappa shape index (κ2) is 14.5. The zero-order valence-corrected chi connectivity index (χ0v) is 23.6. The molecule has 39 heavy (non-hydrogen) atoms. The first-order chi connectivity index (χ1) is 18.4. The van der Waals surface area contributed by atoms with Gasteiger partial charge in [0.25, 0.3) is 0 Å². The van der Waals surface area contributed by atoms with Crippen LogP contribution in [0.4, 0.5) is 13.2 Å². The number of carbonyl (C=O) groups excluding carboxylic acids is 1. The van der Waals surface area contributed by atoms with Crippen LogP contribution >= 0.6 is 23.2 Å². The van der Waals surface area contributed by atoms with Gasteiger partial charge in [-0.1, -0.05) is 41.8 Å². The van der Waals surface area contributed by atoms with E-state index < -0.39 is 21.8 Å². The summed E-state index contributed by atoms with van der Waals surface area (Å²) in [4.78, 5) is 13.9. The number of benzene rings is 2. The predicted octanol–water partition coefficient (Wildman–Crippen LogP) is 6.00. The molecule has 0 bridgehead atoms. The van der Waals surface area contributed by atoms with Gasteiger partial charge in [-0.05, 0) is 86.7 Å². The molecule has 2 N–H and O–H groups in total. The van der Waals surface area contributed by atoms with Gasteiger partial charge in [-0.15, -0.1) is 0 Å². The summed E-state index contributed by atoms with van der Waals surface area (Å²) in [6.45, 7) is 3.25. The lowest BCUT2D eigenvalue weighted by Crippen LogP contribution is -2.41. The van der Waals surface area contributed by atoms with Crippen molar-refractivity contribution in [1.82, 2.24) is 14.9 Å². The third-order valence-electron chi connectivity index (χ3n) is 6.46. The molecule has 0 aromatic heterocycles. The van der Waals surface area contributed by atoms with Crippen molar-refractivity contribution < 1.29 is 26.4 Å². The van der Waals surface area contributed by atoms with Crippen molar-refractivity contribution in [2.75, 3.05) is 32.7 Å². The predicted molar refractivity (Wildman–Crippen MR) is 148 cm³/mol. The summed E-state index contributed by atoms with van der Waals surface area (Å²) < 4.78 is 66.4. The van der Waals surface area contributed by atoms with Crippen molar-refractivity contribution >= 4 is 45.2 Å². The first-order valence-electron chi connectivity index (χ1n) is 12.7. The number of amides is 1. The zero-order chi connectivity index (χ0) is 28.5. The Morgan fingerprint density at radius 3 is 2.62 bits per heavy atom. The molecule has 1 atom stereocenters. The number of piperidine rings is 1. The van der Waals surface area contributed by atoms with Gasteiger partial charge in [0.2, 0.25) is 15.9 Å². The van der Waals surface area contributed by atoms with Crippen LogP contribution in [0.1, 0.15) is 43.2 Å². The van der Waals surface area contributed by atoms with Crippen LogP contribution in [-0.2, 0) is 21.0 Å². The van der Waals surface area contributed by atoms with Gasteiger partial charge in [-0.3, -0.25) is 4.79 Å². The first-order valence-corrected chi connectivity index (χ1v) is 15.0. The maximum atomic E-state index is 12.9. The van der Waals surface area contributed by atoms with Gasteiger partial charge in [0.15, 0.2) is 0 Å². The molecular weight excluding hydrogens is 574 g/mol. The number of sulfonamides is 1. The molecule has 2 aromatic carbocycles. The standard InChI is InChI=1S/C27H32Cl2F3N3O3S/c28-24-11-9-20(16-25(24)29)10-12-26(36)33-13-2-1-3-14-35-15-5-6-21(19-35)18-34-39(37,38)23-8-4-7-22(17-23)27(30,31)32/h4,7-12,16-17,21,34H,1-3,5-6,13-15,18-19H2,(H,33,36)/b12-10+. The molecule has 0 saturated carbocycles. The molecule has 1 fully saturated rings. The summed E-state index contributed by atoms with van der Waals surface area (Å²) >= 11 is 11.9. The minimum Gasteiger partial charge on any atom is -0.353 e. The van der Waals surface area contributed by atoms with Crippen LogP contribution in [0, 0.1) is 5.92 Å². The lowest BCUT2D eigenvalue weighted by atomic mass is 9.98. The van der Waals surface area contributed by atoms with Crippen LogP contribution in [0.5, 0.6) is 0 Å². The summed E-state index contributed by atoms with van der Waals surface area (Å²) in [6.07, 6.45) is 3.00. The van der Waals surface area contributed by atoms with Crippen LogP contribution in [0.2, 0.25) is 10.0 Å². The number of nitrogens with zero attached hydrogens (tertiary/aromatic N) is 1. The van der Waals surface area contributed by atoms with E-state index in [9.17, 15) is 26.4 Å². The van der Waals surface area contributed by atoms with E-state index in [4.69, 9.17) is 23.2 Å². The van der Waals surface area contributed by atoms with Crippen molar-refractivity contribution in [3.63, 3.8) is 0 Å². The summed E-state index contributed by atoms with van der Waals surface area (Å²) in [5, 5.41) is 3.74. The molecule has 1 aliphatic rings. The van der Waals surface area contributed by atoms with Gasteiger partial charge in [0, 0.05) is 25.7 Å². The van der Waals surface area contributed by atoms with Crippen LogP contribution in [0.3, 0.4) is 0 Å². The van der Waals surface area contributed by atoms with Crippen molar-refractivity contribution in [3.05, 3.63) is 69.7 Å². The number of hydrogen-bond acceptors (Lipinski definition) is 4. The molecule has 2 aromatic rings. The Morgan fingerprint density at radius 1 is 1.08 bits per heavy atom. The minimum atomic E-state index is -4.61. The van der Waals surface area contributed by atoms with E-state index in [2.05, 4.69) is 14.9 Å². The molecular formula is C27H32Cl2F3N3O3S. The van der Waals surface area contributed by atoms with Crippen LogP contribution < -0.4 is 10.0 Å². The molecule has 12 heteroatoms. The molecule has 0 radical (unpaired) electrons. The van der Waals surface area contributed by atoms with E-state index in [0.717, 1.165) is 69.4 Å². The fraction of sp³-hybridized carbons (Fsp3) is 0.444. The van der Waals surface area contributed by atoms with Crippen molar-refractivity contribution in [3.8, 4) is 0 Å². The minimum absolute atomic E-state index is 0.0842. The highest BCUT2D eigenvalue weighted by molar-refractivity contribution is 7.89. The van der Waals surface area contributed by atoms with Gasteiger partial charge in [0.1, 0.15) is 0 Å². The topological polar surface area (TPSA) is 78.5 Å². The second-order valence-corrected chi connectivity index (χ2v) is 12.1. The fourth-order valence-electron chi connectivity index (χ4n) is 4.37. The largest absolute Gasteiger partial charge is 0.416 e. The van der Waals surface area contributed by atoms with E-state index in [1.54, 1.807) is 24.3 Å². The van der Waals surface area contributed by atoms with Crippen molar-refractivity contribution in [1.29, 1.82) is 0 Å². The Kier molecular flexibility index (Phi) is 11.7. The zero-order valence-electron chi connectivity index (χ0n) is 21.3. The van der Waals surface area contributed by atoms with Crippen LogP contribution in [-0.4, -0.2) is 51.9 Å². The van der Waals surface area contributed by atoms with E-state index in [1.165, 1.54) is 12.1 Å². The van der Waals surface area contributed by atoms with E-state index >= 15 is 0 Å². The van der Waals surface area contributed by atoms with Gasteiger partial charge in [-0.2, -0.15) is 13.2 Å². The normalized spacial score (nSPS) is 17.0. The number of nitrogens with one attached hydrogen (secondary N) is 2. The number of likely N-dealkylation sites (tertiary alicyclic amines) is 1. The number of halogens is 5. The Labute approximate surface area is 237 Å². The van der Waals surface area contributed by atoms with E-state index in [0.29, 0.717) is 22.7 Å². The lowest BCUT2D eigenvalue weighted by Gasteiger charge is -2.32. The van der Waals surface area contributed by atoms with Gasteiger partial charge < -0.3 is 10.2 Å². The second-order valence-electron chi connectivity index (χ2n) is 9.54. The van der Waals surface area contributed by atoms with Crippen LogP contribution in [0.25, 0.3) is 6.08 Å². The molecule has 214 valence electrons. The smallest absolute Gasteiger partial charge is 0.353 e. The Balaban J connectivity index is 1.33. The molecule has 0 spiro atoms. The summed E-state index contributed by atoms with van der Waals surface area (Å²) in [6, 6.07) is 8.90. The molecule has 1 aliphatic heterocycles. The Hall–Kier alpha value is -2.11. The van der Waals surface area contributed by atoms with Crippen molar-refractivity contribution in [2.45, 2.75) is 43.2 Å². The highest BCUT2D eigenvalue weighted by Crippen LogP contribution is 2.30. The van der Waals surface area contributed by atoms with Gasteiger partial charge in [-0.25, -0.2) is 13.1 Å². The quantitative estimate of drug-likeness (QED) is 0.230. The van der Waals surface area contributed by atoms with Gasteiger partial charge >= 0.3 is 6.18 Å². The summed E-state index contributed by atoms with van der Waals surface area (Å²) in [5.41, 5.74) is -0.212. The molecule has 1 amide bonds. The van der Waals surface area contributed by atoms with Crippen LogP contribution in [0.15, 0.2) is 53.4 Å². The Morgan fingerprint density at radius 2 is 1.87 bits per heavy atom. The van der Waals surface area contributed by atoms with Crippen molar-refractivity contribution in [2.24, 2.45) is 5.92 Å². The molecule has 6 nitrogen and oxygen atoms in total. The van der Waals surface area contributed by atoms with Gasteiger partial charge in [0.05, 0.1) is 20.5 Å². The summed E-state index contributed by atoms with van der Waals surface area (Å²) in [5.74, 6) is -0.103. The number of hydrogen-bond donors (Lipinski definition) is 2. The first kappa shape index (κ1) is 31.4. The monoisotopic (exact) mass is 605 g/mol. The number of carbonyl (C=O) groups is 1. The SMILES string of the molecule is O=C(/C=C/c1ccc(Cl)c(Cl)c1)NCCCCCN1CCCC(CNS(=O)(=O)c2cccc(C(F)(F)F)c2)C1. The number of alkyl halides is 3. The third-order valence-corrected chi connectivity index (χ3v) is 8.62. The molecule has 1 heterocycles. The number of rotatable bonds is 12. The third kappa shape index (κ3) is 10.4. The lowest BCUT2D eigenvalue weighted by molar-refractivity contribution is -0.137.